The molecular formula is C16H26N2O. The Morgan fingerprint density at radius 1 is 1.26 bits per heavy atom. The van der Waals surface area contributed by atoms with Gasteiger partial charge in [-0.05, 0) is 44.8 Å². The number of hydrogen-bond acceptors (Lipinski definition) is 3. The molecule has 0 bridgehead atoms. The normalized spacial score (nSPS) is 19.5. The first kappa shape index (κ1) is 14.5. The molecule has 0 aromatic heterocycles. The van der Waals surface area contributed by atoms with Gasteiger partial charge in [-0.25, -0.2) is 0 Å². The minimum Gasteiger partial charge on any atom is -0.395 e. The van der Waals surface area contributed by atoms with Crippen LogP contribution in [0, 0.1) is 0 Å². The summed E-state index contributed by atoms with van der Waals surface area (Å²) < 4.78 is 0. The number of likely N-dealkylation sites (tertiary alicyclic amines) is 1. The van der Waals surface area contributed by atoms with Gasteiger partial charge in [0.2, 0.25) is 0 Å². The molecular weight excluding hydrogens is 236 g/mol. The number of hydrogen-bond donors (Lipinski definition) is 2. The maximum Gasteiger partial charge on any atom is 0.0582 e. The van der Waals surface area contributed by atoms with Crippen LogP contribution >= 0.6 is 0 Å². The molecule has 1 heterocycles. The summed E-state index contributed by atoms with van der Waals surface area (Å²) in [6.45, 7) is 5.77. The Bertz CT molecular complexity index is 347. The fourth-order valence-corrected chi connectivity index (χ4v) is 2.71. The van der Waals surface area contributed by atoms with E-state index in [9.17, 15) is 0 Å². The second-order valence-electron chi connectivity index (χ2n) is 5.60. The molecule has 0 unspecified atom stereocenters. The summed E-state index contributed by atoms with van der Waals surface area (Å²) in [5.41, 5.74) is 1.43. The smallest absolute Gasteiger partial charge is 0.0582 e. The molecule has 3 nitrogen and oxygen atoms in total. The summed E-state index contributed by atoms with van der Waals surface area (Å²) in [4.78, 5) is 2.55. The highest BCUT2D eigenvalue weighted by Gasteiger charge is 2.19. The summed E-state index contributed by atoms with van der Waals surface area (Å²) in [6, 6.07) is 11.5. The third kappa shape index (κ3) is 4.94. The van der Waals surface area contributed by atoms with E-state index in [-0.39, 0.29) is 12.6 Å². The number of benzene rings is 1. The predicted octanol–water partition coefficient (Wildman–Crippen LogP) is 1.66. The highest BCUT2D eigenvalue weighted by atomic mass is 16.3. The standard InChI is InChI=1S/C16H26N2O/c1-14(13-19)17-16-8-11-18(12-9-16)10-7-15-5-3-2-4-6-15/h2-6,14,16-17,19H,7-13H2,1H3/t14-/m1/s1. The molecule has 0 radical (unpaired) electrons. The first-order chi connectivity index (χ1) is 9.28. The van der Waals surface area contributed by atoms with Gasteiger partial charge < -0.3 is 15.3 Å². The lowest BCUT2D eigenvalue weighted by atomic mass is 10.0. The van der Waals surface area contributed by atoms with Crippen molar-refractivity contribution in [2.24, 2.45) is 0 Å². The molecule has 3 heteroatoms. The summed E-state index contributed by atoms with van der Waals surface area (Å²) in [7, 11) is 0. The van der Waals surface area contributed by atoms with Crippen molar-refractivity contribution in [2.75, 3.05) is 26.2 Å². The average molecular weight is 262 g/mol. The zero-order valence-corrected chi connectivity index (χ0v) is 11.9. The maximum atomic E-state index is 9.05. The molecule has 1 aliphatic rings. The molecule has 0 spiro atoms. The van der Waals surface area contributed by atoms with E-state index in [0.29, 0.717) is 6.04 Å². The molecule has 19 heavy (non-hydrogen) atoms. The topological polar surface area (TPSA) is 35.5 Å². The van der Waals surface area contributed by atoms with E-state index in [4.69, 9.17) is 5.11 Å². The third-order valence-corrected chi connectivity index (χ3v) is 3.94. The van der Waals surface area contributed by atoms with Gasteiger partial charge in [0, 0.05) is 18.6 Å². The summed E-state index contributed by atoms with van der Waals surface area (Å²) in [5.74, 6) is 0. The molecule has 1 aliphatic heterocycles. The number of nitrogens with zero attached hydrogens (tertiary/aromatic N) is 1. The summed E-state index contributed by atoms with van der Waals surface area (Å²) in [6.07, 6.45) is 3.53. The highest BCUT2D eigenvalue weighted by molar-refractivity contribution is 5.14. The second kappa shape index (κ2) is 7.63. The number of aliphatic hydroxyl groups is 1. The monoisotopic (exact) mass is 262 g/mol. The van der Waals surface area contributed by atoms with Crippen LogP contribution in [-0.4, -0.2) is 48.3 Å². The minimum absolute atomic E-state index is 0.223. The van der Waals surface area contributed by atoms with Crippen LogP contribution in [-0.2, 0) is 6.42 Å². The van der Waals surface area contributed by atoms with Crippen LogP contribution in [0.15, 0.2) is 30.3 Å². The van der Waals surface area contributed by atoms with Crippen molar-refractivity contribution in [1.29, 1.82) is 0 Å². The van der Waals surface area contributed by atoms with Gasteiger partial charge in [0.15, 0.2) is 0 Å². The van der Waals surface area contributed by atoms with Crippen LogP contribution in [0.25, 0.3) is 0 Å². The van der Waals surface area contributed by atoms with Gasteiger partial charge >= 0.3 is 0 Å². The Balaban J connectivity index is 1.66. The van der Waals surface area contributed by atoms with E-state index in [1.165, 1.54) is 31.5 Å². The first-order valence-electron chi connectivity index (χ1n) is 7.41. The van der Waals surface area contributed by atoms with Gasteiger partial charge in [0.05, 0.1) is 6.61 Å². The van der Waals surface area contributed by atoms with Gasteiger partial charge in [0.25, 0.3) is 0 Å². The van der Waals surface area contributed by atoms with Gasteiger partial charge in [-0.1, -0.05) is 30.3 Å². The van der Waals surface area contributed by atoms with Crippen molar-refractivity contribution < 1.29 is 5.11 Å². The Hall–Kier alpha value is -0.900. The number of piperidine rings is 1. The highest BCUT2D eigenvalue weighted by Crippen LogP contribution is 2.12. The summed E-state index contributed by atoms with van der Waals surface area (Å²) in [5, 5.41) is 12.5. The van der Waals surface area contributed by atoms with E-state index in [0.717, 1.165) is 13.0 Å². The van der Waals surface area contributed by atoms with Crippen molar-refractivity contribution >= 4 is 0 Å². The van der Waals surface area contributed by atoms with Crippen LogP contribution in [0.5, 0.6) is 0 Å². The first-order valence-corrected chi connectivity index (χ1v) is 7.41. The predicted molar refractivity (Wildman–Crippen MR) is 79.3 cm³/mol. The fourth-order valence-electron chi connectivity index (χ4n) is 2.71. The van der Waals surface area contributed by atoms with Crippen LogP contribution in [0.3, 0.4) is 0 Å². The van der Waals surface area contributed by atoms with Crippen molar-refractivity contribution in [3.8, 4) is 0 Å². The number of rotatable bonds is 6. The van der Waals surface area contributed by atoms with E-state index < -0.39 is 0 Å². The van der Waals surface area contributed by atoms with E-state index in [1.54, 1.807) is 0 Å². The molecule has 2 rings (SSSR count). The molecule has 1 atom stereocenters. The Morgan fingerprint density at radius 3 is 2.58 bits per heavy atom. The molecule has 0 aliphatic carbocycles. The molecule has 106 valence electrons. The Labute approximate surface area is 116 Å². The van der Waals surface area contributed by atoms with Gasteiger partial charge in [-0.15, -0.1) is 0 Å². The van der Waals surface area contributed by atoms with Gasteiger partial charge in [-0.2, -0.15) is 0 Å². The zero-order valence-electron chi connectivity index (χ0n) is 11.9. The molecule has 0 amide bonds. The fraction of sp³-hybridized carbons (Fsp3) is 0.625. The van der Waals surface area contributed by atoms with E-state index >= 15 is 0 Å². The van der Waals surface area contributed by atoms with Gasteiger partial charge in [-0.3, -0.25) is 0 Å². The number of aliphatic hydroxyl groups excluding tert-OH is 1. The SMILES string of the molecule is C[C@H](CO)NC1CCN(CCc2ccccc2)CC1. The summed E-state index contributed by atoms with van der Waals surface area (Å²) >= 11 is 0. The van der Waals surface area contributed by atoms with Crippen molar-refractivity contribution in [3.05, 3.63) is 35.9 Å². The minimum atomic E-state index is 0.223. The van der Waals surface area contributed by atoms with Crippen LogP contribution < -0.4 is 5.32 Å². The third-order valence-electron chi connectivity index (χ3n) is 3.94. The zero-order chi connectivity index (χ0) is 13.5. The molecule has 2 N–H and O–H groups in total. The lowest BCUT2D eigenvalue weighted by molar-refractivity contribution is 0.177. The maximum absolute atomic E-state index is 9.05. The van der Waals surface area contributed by atoms with Crippen molar-refractivity contribution in [3.63, 3.8) is 0 Å². The molecule has 1 aromatic rings. The lowest BCUT2D eigenvalue weighted by Gasteiger charge is -2.33. The lowest BCUT2D eigenvalue weighted by Crippen LogP contribution is -2.46. The Kier molecular flexibility index (Phi) is 5.83. The average Bonchev–Trinajstić information content (AvgIpc) is 2.47. The van der Waals surface area contributed by atoms with E-state index in [1.807, 2.05) is 6.92 Å². The van der Waals surface area contributed by atoms with Crippen molar-refractivity contribution in [2.45, 2.75) is 38.3 Å². The van der Waals surface area contributed by atoms with Crippen LogP contribution in [0.4, 0.5) is 0 Å². The number of nitrogens with one attached hydrogen (secondary N) is 1. The second-order valence-corrected chi connectivity index (χ2v) is 5.60. The van der Waals surface area contributed by atoms with Crippen LogP contribution in [0.1, 0.15) is 25.3 Å². The van der Waals surface area contributed by atoms with E-state index in [2.05, 4.69) is 40.5 Å². The Morgan fingerprint density at radius 2 is 1.95 bits per heavy atom. The molecule has 1 saturated heterocycles. The van der Waals surface area contributed by atoms with Crippen LogP contribution in [0.2, 0.25) is 0 Å². The molecule has 1 fully saturated rings. The van der Waals surface area contributed by atoms with Gasteiger partial charge in [0.1, 0.15) is 0 Å². The largest absolute Gasteiger partial charge is 0.395 e. The quantitative estimate of drug-likeness (QED) is 0.818. The molecule has 1 aromatic carbocycles. The van der Waals surface area contributed by atoms with Crippen molar-refractivity contribution in [1.82, 2.24) is 10.2 Å². The molecule has 0 saturated carbocycles.